The molecule has 1 unspecified atom stereocenters. The average Bonchev–Trinajstić information content (AvgIpc) is 3.00. The van der Waals surface area contributed by atoms with E-state index in [9.17, 15) is 9.90 Å². The van der Waals surface area contributed by atoms with E-state index in [1.165, 1.54) is 0 Å². The summed E-state index contributed by atoms with van der Waals surface area (Å²) in [7, 11) is 0. The van der Waals surface area contributed by atoms with Crippen LogP contribution < -0.4 is 0 Å². The molecule has 1 aliphatic heterocycles. The van der Waals surface area contributed by atoms with E-state index in [0.717, 1.165) is 42.0 Å². The summed E-state index contributed by atoms with van der Waals surface area (Å²) in [5.41, 5.74) is 1.70. The summed E-state index contributed by atoms with van der Waals surface area (Å²) in [4.78, 5) is 15.6. The van der Waals surface area contributed by atoms with Crippen molar-refractivity contribution in [2.75, 3.05) is 13.1 Å². The van der Waals surface area contributed by atoms with Crippen LogP contribution in [0, 0.1) is 0 Å². The number of carbonyl (C=O) groups excluding carboxylic acids is 1. The van der Waals surface area contributed by atoms with Crippen molar-refractivity contribution in [2.45, 2.75) is 88.7 Å². The molecule has 1 aromatic carbocycles. The summed E-state index contributed by atoms with van der Waals surface area (Å²) in [5.74, 6) is 0.684. The molecule has 0 aromatic heterocycles. The van der Waals surface area contributed by atoms with E-state index in [1.807, 2.05) is 4.90 Å². The van der Waals surface area contributed by atoms with Crippen molar-refractivity contribution < 1.29 is 9.90 Å². The van der Waals surface area contributed by atoms with Crippen LogP contribution in [0.1, 0.15) is 78.9 Å². The predicted molar refractivity (Wildman–Crippen MR) is 111 cm³/mol. The number of nitrogens with zero attached hydrogens (tertiary/aromatic N) is 1. The first-order chi connectivity index (χ1) is 11.9. The molecule has 1 fully saturated rings. The zero-order chi connectivity index (χ0) is 19.7. The van der Waals surface area contributed by atoms with Crippen LogP contribution in [0.4, 0.5) is 0 Å². The first-order valence-corrected chi connectivity index (χ1v) is 10.6. The van der Waals surface area contributed by atoms with Gasteiger partial charge < -0.3 is 10.0 Å². The number of hydrogen-bond acceptors (Lipinski definition) is 3. The second-order valence-corrected chi connectivity index (χ2v) is 11.1. The van der Waals surface area contributed by atoms with Crippen molar-refractivity contribution in [3.8, 4) is 5.75 Å². The Kier molecular flexibility index (Phi) is 6.37. The smallest absolute Gasteiger partial charge is 0.223 e. The quantitative estimate of drug-likeness (QED) is 0.706. The number of likely N-dealkylation sites (tertiary alicyclic amines) is 1. The lowest BCUT2D eigenvalue weighted by Gasteiger charge is -2.28. The van der Waals surface area contributed by atoms with Crippen molar-refractivity contribution in [1.29, 1.82) is 0 Å². The van der Waals surface area contributed by atoms with Gasteiger partial charge in [-0.15, -0.1) is 11.8 Å². The largest absolute Gasteiger partial charge is 0.507 e. The molecule has 1 saturated heterocycles. The molecule has 1 aliphatic rings. The Morgan fingerprint density at radius 2 is 1.54 bits per heavy atom. The second-order valence-electron chi connectivity index (χ2n) is 9.59. The zero-order valence-electron chi connectivity index (χ0n) is 17.5. The van der Waals surface area contributed by atoms with Crippen molar-refractivity contribution in [1.82, 2.24) is 4.90 Å². The minimum atomic E-state index is -0.130. The maximum absolute atomic E-state index is 12.4. The van der Waals surface area contributed by atoms with Crippen LogP contribution in [-0.4, -0.2) is 34.3 Å². The number of amides is 1. The van der Waals surface area contributed by atoms with Gasteiger partial charge in [-0.05, 0) is 35.8 Å². The fraction of sp³-hybridized carbons (Fsp3) is 0.682. The van der Waals surface area contributed by atoms with Crippen LogP contribution in [-0.2, 0) is 15.6 Å². The number of rotatable bonds is 4. The van der Waals surface area contributed by atoms with Gasteiger partial charge in [0.1, 0.15) is 5.75 Å². The van der Waals surface area contributed by atoms with E-state index in [-0.39, 0.29) is 22.0 Å². The fourth-order valence-corrected chi connectivity index (χ4v) is 4.50. The molecule has 1 aromatic rings. The molecule has 3 nitrogen and oxygen atoms in total. The fourth-order valence-electron chi connectivity index (χ4n) is 3.43. The van der Waals surface area contributed by atoms with Gasteiger partial charge in [0.05, 0.1) is 0 Å². The van der Waals surface area contributed by atoms with Crippen LogP contribution in [0.15, 0.2) is 17.0 Å². The third kappa shape index (κ3) is 5.18. The molecule has 1 heterocycles. The topological polar surface area (TPSA) is 40.5 Å². The lowest BCUT2D eigenvalue weighted by Crippen LogP contribution is -2.29. The Labute approximate surface area is 163 Å². The summed E-state index contributed by atoms with van der Waals surface area (Å²) < 4.78 is 0. The summed E-state index contributed by atoms with van der Waals surface area (Å²) in [6.07, 6.45) is 2.84. The van der Waals surface area contributed by atoms with E-state index in [0.29, 0.717) is 12.2 Å². The van der Waals surface area contributed by atoms with Gasteiger partial charge in [0.15, 0.2) is 0 Å². The van der Waals surface area contributed by atoms with E-state index < -0.39 is 0 Å². The molecule has 4 heteroatoms. The molecule has 146 valence electrons. The molecule has 1 amide bonds. The van der Waals surface area contributed by atoms with Crippen LogP contribution >= 0.6 is 11.8 Å². The van der Waals surface area contributed by atoms with Gasteiger partial charge in [-0.25, -0.2) is 0 Å². The summed E-state index contributed by atoms with van der Waals surface area (Å²) in [6.45, 7) is 16.7. The number of phenols is 1. The van der Waals surface area contributed by atoms with Crippen molar-refractivity contribution >= 4 is 17.7 Å². The number of benzene rings is 1. The monoisotopic (exact) mass is 377 g/mol. The number of hydrogen-bond donors (Lipinski definition) is 1. The Hall–Kier alpha value is -1.16. The Bertz CT molecular complexity index is 614. The van der Waals surface area contributed by atoms with Crippen LogP contribution in [0.5, 0.6) is 5.75 Å². The molecule has 26 heavy (non-hydrogen) atoms. The van der Waals surface area contributed by atoms with Crippen LogP contribution in [0.3, 0.4) is 0 Å². The molecule has 1 N–H and O–H groups in total. The van der Waals surface area contributed by atoms with Crippen LogP contribution in [0.25, 0.3) is 0 Å². The van der Waals surface area contributed by atoms with E-state index in [2.05, 4.69) is 60.6 Å². The Balaban J connectivity index is 2.23. The standard InChI is InChI=1S/C22H35NO2S/c1-15(12-19(24)23-10-8-9-11-23)26-16-13-17(21(2,3)4)20(25)18(14-16)22(5,6)7/h13-15,25H,8-12H2,1-7H3. The molecular formula is C22H35NO2S. The highest BCUT2D eigenvalue weighted by molar-refractivity contribution is 8.00. The third-order valence-corrected chi connectivity index (χ3v) is 6.03. The predicted octanol–water partition coefficient (Wildman–Crippen LogP) is 5.48. The molecule has 0 spiro atoms. The summed E-state index contributed by atoms with van der Waals surface area (Å²) in [6, 6.07) is 4.21. The Morgan fingerprint density at radius 1 is 1.08 bits per heavy atom. The lowest BCUT2D eigenvalue weighted by molar-refractivity contribution is -0.130. The lowest BCUT2D eigenvalue weighted by atomic mass is 9.79. The van der Waals surface area contributed by atoms with E-state index >= 15 is 0 Å². The van der Waals surface area contributed by atoms with Gasteiger partial charge in [0.2, 0.25) is 5.91 Å². The number of thioether (sulfide) groups is 1. The number of carbonyl (C=O) groups is 1. The highest BCUT2D eigenvalue weighted by Gasteiger charge is 2.27. The first kappa shape index (κ1) is 21.1. The molecule has 2 rings (SSSR count). The van der Waals surface area contributed by atoms with Crippen LogP contribution in [0.2, 0.25) is 0 Å². The number of phenolic OH excluding ortho intramolecular Hbond substituents is 1. The normalized spacial score (nSPS) is 16.8. The van der Waals surface area contributed by atoms with Gasteiger partial charge >= 0.3 is 0 Å². The highest BCUT2D eigenvalue weighted by Crippen LogP contribution is 2.42. The average molecular weight is 378 g/mol. The van der Waals surface area contributed by atoms with Crippen molar-refractivity contribution in [3.63, 3.8) is 0 Å². The molecule has 0 saturated carbocycles. The molecular weight excluding hydrogens is 342 g/mol. The molecule has 0 aliphatic carbocycles. The SMILES string of the molecule is CC(CC(=O)N1CCCC1)Sc1cc(C(C)(C)C)c(O)c(C(C)(C)C)c1. The Morgan fingerprint density at radius 3 is 1.96 bits per heavy atom. The first-order valence-electron chi connectivity index (χ1n) is 9.72. The molecule has 0 radical (unpaired) electrons. The van der Waals surface area contributed by atoms with Crippen molar-refractivity contribution in [3.05, 3.63) is 23.3 Å². The highest BCUT2D eigenvalue weighted by atomic mass is 32.2. The second kappa shape index (κ2) is 7.84. The maximum Gasteiger partial charge on any atom is 0.223 e. The van der Waals surface area contributed by atoms with Gasteiger partial charge in [0.25, 0.3) is 0 Å². The third-order valence-electron chi connectivity index (χ3n) is 4.96. The minimum absolute atomic E-state index is 0.130. The summed E-state index contributed by atoms with van der Waals surface area (Å²) >= 11 is 1.74. The van der Waals surface area contributed by atoms with Gasteiger partial charge in [0, 0.05) is 40.8 Å². The van der Waals surface area contributed by atoms with E-state index in [1.54, 1.807) is 11.8 Å². The molecule has 1 atom stereocenters. The van der Waals surface area contributed by atoms with E-state index in [4.69, 9.17) is 0 Å². The van der Waals surface area contributed by atoms with Crippen molar-refractivity contribution in [2.24, 2.45) is 0 Å². The van der Waals surface area contributed by atoms with Gasteiger partial charge in [-0.3, -0.25) is 4.79 Å². The van der Waals surface area contributed by atoms with Gasteiger partial charge in [-0.2, -0.15) is 0 Å². The summed E-state index contributed by atoms with van der Waals surface area (Å²) in [5, 5.41) is 11.1. The minimum Gasteiger partial charge on any atom is -0.507 e. The maximum atomic E-state index is 12.4. The zero-order valence-corrected chi connectivity index (χ0v) is 18.3. The molecule has 0 bridgehead atoms. The number of aromatic hydroxyl groups is 1. The van der Waals surface area contributed by atoms with Gasteiger partial charge in [-0.1, -0.05) is 48.5 Å².